The number of rotatable bonds is 4. The monoisotopic (exact) mass is 341 g/mol. The number of likely N-dealkylation sites (tertiary alicyclic amines) is 1. The highest BCUT2D eigenvalue weighted by molar-refractivity contribution is 5.94. The Labute approximate surface area is 145 Å². The highest BCUT2D eigenvalue weighted by Crippen LogP contribution is 2.16. The van der Waals surface area contributed by atoms with E-state index in [2.05, 4.69) is 10.6 Å². The van der Waals surface area contributed by atoms with Gasteiger partial charge in [0, 0.05) is 18.8 Å². The minimum atomic E-state index is -0.536. The lowest BCUT2D eigenvalue weighted by atomic mass is 10.1. The molecule has 130 valence electrons. The molecule has 5 nitrogen and oxygen atoms in total. The first-order valence-electron chi connectivity index (χ1n) is 8.19. The van der Waals surface area contributed by atoms with Crippen LogP contribution >= 0.6 is 0 Å². The van der Waals surface area contributed by atoms with Crippen molar-refractivity contribution in [3.8, 4) is 0 Å². The largest absolute Gasteiger partial charge is 0.336 e. The summed E-state index contributed by atoms with van der Waals surface area (Å²) in [7, 11) is 0. The smallest absolute Gasteiger partial charge is 0.319 e. The Morgan fingerprint density at radius 1 is 1.16 bits per heavy atom. The van der Waals surface area contributed by atoms with Crippen molar-refractivity contribution in [1.29, 1.82) is 0 Å². The van der Waals surface area contributed by atoms with Gasteiger partial charge >= 0.3 is 6.03 Å². The van der Waals surface area contributed by atoms with E-state index < -0.39 is 12.1 Å². The van der Waals surface area contributed by atoms with Crippen LogP contribution in [0.3, 0.4) is 0 Å². The van der Waals surface area contributed by atoms with Crippen LogP contribution in [-0.4, -0.2) is 29.4 Å². The predicted octanol–water partition coefficient (Wildman–Crippen LogP) is 3.06. The molecule has 25 heavy (non-hydrogen) atoms. The average molecular weight is 341 g/mol. The summed E-state index contributed by atoms with van der Waals surface area (Å²) in [4.78, 5) is 26.2. The van der Waals surface area contributed by atoms with E-state index >= 15 is 0 Å². The number of carbonyl (C=O) groups is 2. The zero-order chi connectivity index (χ0) is 17.8. The minimum absolute atomic E-state index is 0.0881. The molecule has 0 aromatic heterocycles. The summed E-state index contributed by atoms with van der Waals surface area (Å²) in [5.74, 6) is -0.460. The van der Waals surface area contributed by atoms with Crippen molar-refractivity contribution in [2.45, 2.75) is 25.9 Å². The van der Waals surface area contributed by atoms with Gasteiger partial charge in [-0.1, -0.05) is 29.8 Å². The summed E-state index contributed by atoms with van der Waals surface area (Å²) >= 11 is 0. The van der Waals surface area contributed by atoms with Gasteiger partial charge in [0.1, 0.15) is 11.9 Å². The lowest BCUT2D eigenvalue weighted by Gasteiger charge is -2.17. The molecule has 0 spiro atoms. The van der Waals surface area contributed by atoms with E-state index in [1.54, 1.807) is 4.90 Å². The van der Waals surface area contributed by atoms with E-state index in [1.165, 1.54) is 29.8 Å². The summed E-state index contributed by atoms with van der Waals surface area (Å²) < 4.78 is 12.9. The number of aryl methyl sites for hydroxylation is 1. The average Bonchev–Trinajstić information content (AvgIpc) is 2.92. The molecule has 2 aromatic rings. The van der Waals surface area contributed by atoms with E-state index in [0.717, 1.165) is 5.56 Å². The summed E-state index contributed by atoms with van der Waals surface area (Å²) in [6.45, 7) is 3.16. The summed E-state index contributed by atoms with van der Waals surface area (Å²) in [6.07, 6.45) is 0.571. The van der Waals surface area contributed by atoms with Crippen molar-refractivity contribution in [3.63, 3.8) is 0 Å². The Balaban J connectivity index is 1.53. The standard InChI is InChI=1S/C19H20FN3O2/c1-13-2-4-14(5-3-13)12-23-11-10-17(18(23)24)22-19(25)21-16-8-6-15(20)7-9-16/h2-9,17H,10-12H2,1H3,(H2,21,22,25)/t17-/m1/s1. The van der Waals surface area contributed by atoms with E-state index in [9.17, 15) is 14.0 Å². The number of nitrogens with one attached hydrogen (secondary N) is 2. The molecule has 0 saturated carbocycles. The van der Waals surface area contributed by atoms with Crippen molar-refractivity contribution >= 4 is 17.6 Å². The van der Waals surface area contributed by atoms with Crippen molar-refractivity contribution in [3.05, 3.63) is 65.5 Å². The maximum Gasteiger partial charge on any atom is 0.319 e. The Morgan fingerprint density at radius 2 is 1.84 bits per heavy atom. The highest BCUT2D eigenvalue weighted by Gasteiger charge is 2.32. The third-order valence-electron chi connectivity index (χ3n) is 4.20. The van der Waals surface area contributed by atoms with Crippen LogP contribution in [0.4, 0.5) is 14.9 Å². The van der Waals surface area contributed by atoms with E-state index in [0.29, 0.717) is 25.2 Å². The van der Waals surface area contributed by atoms with E-state index in [1.807, 2.05) is 31.2 Å². The molecule has 1 heterocycles. The van der Waals surface area contributed by atoms with Crippen LogP contribution in [0.5, 0.6) is 0 Å². The number of carbonyl (C=O) groups excluding carboxylic acids is 2. The molecule has 0 radical (unpaired) electrons. The van der Waals surface area contributed by atoms with Crippen LogP contribution in [0.25, 0.3) is 0 Å². The maximum absolute atomic E-state index is 12.9. The number of benzene rings is 2. The predicted molar refractivity (Wildman–Crippen MR) is 93.6 cm³/mol. The van der Waals surface area contributed by atoms with Crippen LogP contribution in [0, 0.1) is 12.7 Å². The Kier molecular flexibility index (Phi) is 4.97. The third kappa shape index (κ3) is 4.35. The lowest BCUT2D eigenvalue weighted by Crippen LogP contribution is -2.43. The molecule has 3 rings (SSSR count). The summed E-state index contributed by atoms with van der Waals surface area (Å²) in [5, 5.41) is 5.28. The SMILES string of the molecule is Cc1ccc(CN2CC[C@@H](NC(=O)Nc3ccc(F)cc3)C2=O)cc1. The first-order valence-corrected chi connectivity index (χ1v) is 8.19. The summed E-state index contributed by atoms with van der Waals surface area (Å²) in [5.41, 5.74) is 2.71. The van der Waals surface area contributed by atoms with Crippen LogP contribution in [0.1, 0.15) is 17.5 Å². The topological polar surface area (TPSA) is 61.4 Å². The molecule has 0 aliphatic carbocycles. The van der Waals surface area contributed by atoms with Gasteiger partial charge < -0.3 is 15.5 Å². The Morgan fingerprint density at radius 3 is 2.52 bits per heavy atom. The zero-order valence-electron chi connectivity index (χ0n) is 14.0. The molecule has 0 unspecified atom stereocenters. The van der Waals surface area contributed by atoms with Crippen molar-refractivity contribution in [1.82, 2.24) is 10.2 Å². The van der Waals surface area contributed by atoms with Crippen molar-refractivity contribution < 1.29 is 14.0 Å². The fourth-order valence-corrected chi connectivity index (χ4v) is 2.80. The molecule has 3 amide bonds. The normalized spacial score (nSPS) is 16.8. The zero-order valence-corrected chi connectivity index (χ0v) is 14.0. The number of hydrogen-bond donors (Lipinski definition) is 2. The van der Waals surface area contributed by atoms with Crippen LogP contribution in [-0.2, 0) is 11.3 Å². The molecule has 1 aliphatic rings. The van der Waals surface area contributed by atoms with Gasteiger partial charge in [0.15, 0.2) is 0 Å². The number of halogens is 1. The minimum Gasteiger partial charge on any atom is -0.336 e. The fourth-order valence-electron chi connectivity index (χ4n) is 2.80. The van der Waals surface area contributed by atoms with Gasteiger partial charge in [-0.15, -0.1) is 0 Å². The summed E-state index contributed by atoms with van der Waals surface area (Å²) in [6, 6.07) is 12.5. The molecular formula is C19H20FN3O2. The van der Waals surface area contributed by atoms with Crippen LogP contribution < -0.4 is 10.6 Å². The molecule has 2 aromatic carbocycles. The second-order valence-electron chi connectivity index (χ2n) is 6.19. The van der Waals surface area contributed by atoms with E-state index in [-0.39, 0.29) is 11.7 Å². The van der Waals surface area contributed by atoms with Crippen molar-refractivity contribution in [2.75, 3.05) is 11.9 Å². The van der Waals surface area contributed by atoms with Crippen LogP contribution in [0.15, 0.2) is 48.5 Å². The first-order chi connectivity index (χ1) is 12.0. The van der Waals surface area contributed by atoms with Gasteiger partial charge in [-0.3, -0.25) is 4.79 Å². The van der Waals surface area contributed by atoms with Gasteiger partial charge in [0.05, 0.1) is 0 Å². The van der Waals surface area contributed by atoms with Gasteiger partial charge in [-0.25, -0.2) is 9.18 Å². The molecule has 2 N–H and O–H groups in total. The number of anilines is 1. The lowest BCUT2D eigenvalue weighted by molar-refractivity contribution is -0.129. The molecule has 1 aliphatic heterocycles. The Hall–Kier alpha value is -2.89. The third-order valence-corrected chi connectivity index (χ3v) is 4.20. The molecule has 0 bridgehead atoms. The Bertz CT molecular complexity index is 759. The van der Waals surface area contributed by atoms with Gasteiger partial charge in [-0.2, -0.15) is 0 Å². The second kappa shape index (κ2) is 7.34. The van der Waals surface area contributed by atoms with Crippen molar-refractivity contribution in [2.24, 2.45) is 0 Å². The van der Waals surface area contributed by atoms with Crippen LogP contribution in [0.2, 0.25) is 0 Å². The van der Waals surface area contributed by atoms with Gasteiger partial charge in [0.25, 0.3) is 0 Å². The number of amides is 3. The number of urea groups is 1. The number of nitrogens with zero attached hydrogens (tertiary/aromatic N) is 1. The maximum atomic E-state index is 12.9. The molecule has 1 saturated heterocycles. The van der Waals surface area contributed by atoms with Gasteiger partial charge in [-0.05, 0) is 43.2 Å². The molecule has 6 heteroatoms. The fraction of sp³-hybridized carbons (Fsp3) is 0.263. The van der Waals surface area contributed by atoms with E-state index in [4.69, 9.17) is 0 Å². The molecular weight excluding hydrogens is 321 g/mol. The molecule has 1 fully saturated rings. The highest BCUT2D eigenvalue weighted by atomic mass is 19.1. The quantitative estimate of drug-likeness (QED) is 0.898. The molecule has 1 atom stereocenters. The number of hydrogen-bond acceptors (Lipinski definition) is 2. The first kappa shape index (κ1) is 17.0. The second-order valence-corrected chi connectivity index (χ2v) is 6.19. The van der Waals surface area contributed by atoms with Gasteiger partial charge in [0.2, 0.25) is 5.91 Å².